The molecule has 6 rings (SSSR count). The van der Waals surface area contributed by atoms with Gasteiger partial charge in [-0.15, -0.1) is 20.5 Å². The number of hydrazone groups is 1. The van der Waals surface area contributed by atoms with Gasteiger partial charge in [-0.25, -0.2) is 8.42 Å². The molecule has 1 unspecified atom stereocenters. The number of amides is 1. The molecule has 0 saturated heterocycles. The summed E-state index contributed by atoms with van der Waals surface area (Å²) in [6.45, 7) is 0.0242. The van der Waals surface area contributed by atoms with Crippen LogP contribution in [0.1, 0.15) is 6.92 Å². The third-order valence-electron chi connectivity index (χ3n) is 9.01. The fourth-order valence-corrected chi connectivity index (χ4v) is 7.68. The Morgan fingerprint density at radius 2 is 1.29 bits per heavy atom. The number of carbonyl (C=O) groups excluding carboxylic acids is 1. The fraction of sp³-hybridized carbons (Fsp3) is 0.211. The van der Waals surface area contributed by atoms with E-state index in [-0.39, 0.29) is 86.0 Å². The highest BCUT2D eigenvalue weighted by atomic mass is 32.2. The lowest BCUT2D eigenvalue weighted by Crippen LogP contribution is -2.29. The van der Waals surface area contributed by atoms with E-state index in [1.54, 1.807) is 0 Å². The number of nitrogens with zero attached hydrogens (tertiary/aromatic N) is 8. The van der Waals surface area contributed by atoms with Crippen molar-refractivity contribution in [1.29, 1.82) is 0 Å². The average molecular weight is 957 g/mol. The zero-order chi connectivity index (χ0) is 47.2. The van der Waals surface area contributed by atoms with Gasteiger partial charge in [0.25, 0.3) is 26.1 Å². The maximum atomic E-state index is 13.2. The number of aromatic hydroxyl groups is 1. The van der Waals surface area contributed by atoms with Crippen molar-refractivity contribution in [3.05, 3.63) is 72.8 Å². The van der Waals surface area contributed by atoms with Crippen molar-refractivity contribution in [3.8, 4) is 28.7 Å². The molecular formula is C38H36N8O16S3. The zero-order valence-corrected chi connectivity index (χ0v) is 36.4. The quantitative estimate of drug-likeness (QED) is 0.0360. The van der Waals surface area contributed by atoms with Crippen LogP contribution in [0.15, 0.2) is 123 Å². The van der Waals surface area contributed by atoms with Crippen molar-refractivity contribution in [3.63, 3.8) is 0 Å². The summed E-state index contributed by atoms with van der Waals surface area (Å²) in [7, 11) is -10.1. The summed E-state index contributed by atoms with van der Waals surface area (Å²) < 4.78 is 113. The summed E-state index contributed by atoms with van der Waals surface area (Å²) in [5.74, 6) is -1.63. The number of hydrogen-bond acceptors (Lipinski definition) is 21. The standard InChI is InChI=1S/C38H36N8O16S3/c1-20-35(38(50)46(45-20)23-5-7-24(8-6-23)64(53,54)55)43-39-22-4-9-25-21(14-22)15-34(65(56,57)58)36(37(25)49)44-42-28-17-30(61-12-10-47)27(16-31(28)62-13-11-48)41-40-26-18-32(60-3)33(63(51)52)19-29(26)59-2/h4-9,14-19,35,47-49,63H,10-13H2,1-3H3,(H,53,54,55)(H,56,57,58)/b41-40+,43-39+,44-42+. The van der Waals surface area contributed by atoms with Gasteiger partial charge in [-0.05, 0) is 60.8 Å². The number of fused-ring (bicyclic) bond motifs is 1. The first-order chi connectivity index (χ1) is 30.9. The maximum absolute atomic E-state index is 13.2. The second kappa shape index (κ2) is 19.8. The Morgan fingerprint density at radius 1 is 0.723 bits per heavy atom. The van der Waals surface area contributed by atoms with Crippen molar-refractivity contribution in [2.24, 2.45) is 35.8 Å². The molecule has 0 spiro atoms. The van der Waals surface area contributed by atoms with Gasteiger partial charge in [0.15, 0.2) is 22.5 Å². The minimum absolute atomic E-state index is 0.0139. The Kier molecular flexibility index (Phi) is 14.5. The van der Waals surface area contributed by atoms with Crippen LogP contribution in [0.4, 0.5) is 34.1 Å². The fourth-order valence-electron chi connectivity index (χ4n) is 5.99. The van der Waals surface area contributed by atoms with Crippen LogP contribution in [0.5, 0.6) is 28.7 Å². The van der Waals surface area contributed by atoms with Crippen LogP contribution in [0, 0.1) is 0 Å². The lowest BCUT2D eigenvalue weighted by molar-refractivity contribution is -0.117. The van der Waals surface area contributed by atoms with E-state index in [0.29, 0.717) is 0 Å². The van der Waals surface area contributed by atoms with Gasteiger partial charge in [-0.3, -0.25) is 13.9 Å². The summed E-state index contributed by atoms with van der Waals surface area (Å²) >= 11 is 0. The first-order valence-corrected chi connectivity index (χ1v) is 22.5. The Morgan fingerprint density at radius 3 is 1.83 bits per heavy atom. The number of hydrogen-bond donors (Lipinski definition) is 6. The van der Waals surface area contributed by atoms with Crippen LogP contribution in [0.25, 0.3) is 10.8 Å². The topological polar surface area (TPSA) is 347 Å². The Labute approximate surface area is 370 Å². The Bertz CT molecular complexity index is 3100. The molecule has 0 aliphatic carbocycles. The van der Waals surface area contributed by atoms with E-state index in [1.165, 1.54) is 75.7 Å². The predicted molar refractivity (Wildman–Crippen MR) is 229 cm³/mol. The molecule has 5 aromatic carbocycles. The van der Waals surface area contributed by atoms with Gasteiger partial charge in [0, 0.05) is 29.7 Å². The summed E-state index contributed by atoms with van der Waals surface area (Å²) in [5.41, 5.74) is -0.416. The molecule has 0 saturated carbocycles. The van der Waals surface area contributed by atoms with Gasteiger partial charge in [0.2, 0.25) is 0 Å². The highest BCUT2D eigenvalue weighted by Gasteiger charge is 2.35. The summed E-state index contributed by atoms with van der Waals surface area (Å²) in [6, 6.07) is 13.4. The molecule has 5 N–H and O–H groups in total. The average Bonchev–Trinajstić information content (AvgIpc) is 3.56. The molecule has 1 aliphatic heterocycles. The molecule has 65 heavy (non-hydrogen) atoms. The van der Waals surface area contributed by atoms with E-state index in [9.17, 15) is 54.5 Å². The number of ether oxygens (including phenoxy) is 4. The monoisotopic (exact) mass is 956 g/mol. The van der Waals surface area contributed by atoms with E-state index >= 15 is 0 Å². The number of azo groups is 3. The molecule has 1 aliphatic rings. The number of methoxy groups -OCH3 is 2. The smallest absolute Gasteiger partial charge is 0.296 e. The molecule has 1 atom stereocenters. The molecule has 5 aromatic rings. The first-order valence-electron chi connectivity index (χ1n) is 18.4. The van der Waals surface area contributed by atoms with E-state index in [0.717, 1.165) is 23.2 Å². The molecule has 24 nitrogen and oxygen atoms in total. The highest BCUT2D eigenvalue weighted by Crippen LogP contribution is 2.46. The number of thiol groups is 1. The van der Waals surface area contributed by atoms with Gasteiger partial charge in [0.05, 0.1) is 49.4 Å². The van der Waals surface area contributed by atoms with Gasteiger partial charge < -0.3 is 34.3 Å². The molecule has 0 radical (unpaired) electrons. The van der Waals surface area contributed by atoms with E-state index in [1.807, 2.05) is 0 Å². The number of rotatable bonds is 18. The van der Waals surface area contributed by atoms with Crippen LogP contribution >= 0.6 is 0 Å². The SMILES string of the molecule is COc1cc([SH](=O)=O)c(OC)cc1/N=N/c1cc(OCCO)c(/N=N/c2c(S(=O)(=O)O)cc3cc(/N=N/C4C(=O)N(c5ccc(S(=O)(=O)O)cc5)N=C4C)ccc3c2O)cc1OCCO. The number of aliphatic hydroxyl groups excluding tert-OH is 2. The van der Waals surface area contributed by atoms with E-state index in [2.05, 4.69) is 35.8 Å². The summed E-state index contributed by atoms with van der Waals surface area (Å²) in [4.78, 5) is 11.8. The van der Waals surface area contributed by atoms with Crippen LogP contribution < -0.4 is 24.0 Å². The van der Waals surface area contributed by atoms with Gasteiger partial charge in [0.1, 0.15) is 68.8 Å². The van der Waals surface area contributed by atoms with Crippen LogP contribution in [-0.4, -0.2) is 108 Å². The van der Waals surface area contributed by atoms with Crippen molar-refractivity contribution in [2.75, 3.05) is 45.7 Å². The van der Waals surface area contributed by atoms with Gasteiger partial charge in [-0.2, -0.15) is 37.2 Å². The highest BCUT2D eigenvalue weighted by molar-refractivity contribution is 7.86. The molecule has 0 bridgehead atoms. The number of carbonyl (C=O) groups is 1. The molecule has 27 heteroatoms. The van der Waals surface area contributed by atoms with Crippen LogP contribution in [0.3, 0.4) is 0 Å². The second-order valence-corrected chi connectivity index (χ2v) is 17.0. The third-order valence-corrected chi connectivity index (χ3v) is 11.5. The van der Waals surface area contributed by atoms with Crippen LogP contribution in [0.2, 0.25) is 0 Å². The van der Waals surface area contributed by atoms with E-state index in [4.69, 9.17) is 18.9 Å². The first kappa shape index (κ1) is 47.5. The molecule has 342 valence electrons. The molecule has 0 aromatic heterocycles. The van der Waals surface area contributed by atoms with Crippen molar-refractivity contribution in [1.82, 2.24) is 0 Å². The number of aliphatic hydroxyl groups is 2. The number of anilines is 1. The molecule has 0 fully saturated rings. The van der Waals surface area contributed by atoms with Crippen molar-refractivity contribution >= 4 is 87.5 Å². The van der Waals surface area contributed by atoms with Crippen LogP contribution in [-0.2, 0) is 35.7 Å². The van der Waals surface area contributed by atoms with Crippen molar-refractivity contribution < 1.29 is 73.4 Å². The van der Waals surface area contributed by atoms with Crippen molar-refractivity contribution in [2.45, 2.75) is 27.7 Å². The van der Waals surface area contributed by atoms with E-state index < -0.39 is 77.3 Å². The molecule has 1 heterocycles. The summed E-state index contributed by atoms with van der Waals surface area (Å²) in [5, 5.41) is 60.2. The largest absolute Gasteiger partial charge is 0.505 e. The Hall–Kier alpha value is -7.01. The van der Waals surface area contributed by atoms with Gasteiger partial charge in [-0.1, -0.05) is 0 Å². The zero-order valence-electron chi connectivity index (χ0n) is 33.9. The number of phenols is 1. The minimum atomic E-state index is -5.13. The third kappa shape index (κ3) is 10.7. The lowest BCUT2D eigenvalue weighted by Gasteiger charge is -2.13. The summed E-state index contributed by atoms with van der Waals surface area (Å²) in [6.07, 6.45) is 0. The molecule has 1 amide bonds. The second-order valence-electron chi connectivity index (χ2n) is 13.2. The minimum Gasteiger partial charge on any atom is -0.505 e. The van der Waals surface area contributed by atoms with Gasteiger partial charge >= 0.3 is 0 Å². The lowest BCUT2D eigenvalue weighted by atomic mass is 10.1. The molecular weight excluding hydrogens is 921 g/mol. The Balaban J connectivity index is 1.35. The predicted octanol–water partition coefficient (Wildman–Crippen LogP) is 5.47. The number of phenolic OH excluding ortho intramolecular Hbond substituents is 1. The normalized spacial score (nSPS) is 14.6. The number of benzene rings is 5. The maximum Gasteiger partial charge on any atom is 0.296 e.